The van der Waals surface area contributed by atoms with Crippen molar-refractivity contribution in [2.45, 2.75) is 31.5 Å². The molecular formula is C29H26ClN3O. The summed E-state index contributed by atoms with van der Waals surface area (Å²) < 4.78 is 0. The molecule has 2 aliphatic rings. The lowest BCUT2D eigenvalue weighted by Crippen LogP contribution is -2.42. The smallest absolute Gasteiger partial charge is 0.152 e. The van der Waals surface area contributed by atoms with Gasteiger partial charge in [0.1, 0.15) is 6.23 Å². The van der Waals surface area contributed by atoms with Gasteiger partial charge in [0, 0.05) is 23.9 Å². The lowest BCUT2D eigenvalue weighted by molar-refractivity contribution is 0.0485. The Kier molecular flexibility index (Phi) is 6.57. The van der Waals surface area contributed by atoms with Gasteiger partial charge < -0.3 is 5.11 Å². The van der Waals surface area contributed by atoms with E-state index in [4.69, 9.17) is 11.6 Å². The van der Waals surface area contributed by atoms with E-state index in [1.54, 1.807) is 12.4 Å². The van der Waals surface area contributed by atoms with Crippen LogP contribution in [0, 0.1) is 5.92 Å². The number of aromatic nitrogens is 2. The summed E-state index contributed by atoms with van der Waals surface area (Å²) in [5, 5.41) is 14.5. The van der Waals surface area contributed by atoms with Crippen LogP contribution in [0.5, 0.6) is 0 Å². The molecular weight excluding hydrogens is 442 g/mol. The summed E-state index contributed by atoms with van der Waals surface area (Å²) in [5.74, 6) is 0.141. The Labute approximate surface area is 205 Å². The van der Waals surface area contributed by atoms with Gasteiger partial charge in [-0.25, -0.2) is 4.98 Å². The molecule has 0 bridgehead atoms. The molecule has 2 N–H and O–H groups in total. The first kappa shape index (κ1) is 22.5. The van der Waals surface area contributed by atoms with Crippen LogP contribution in [0.15, 0.2) is 91.0 Å². The summed E-state index contributed by atoms with van der Waals surface area (Å²) >= 11 is 6.43. The van der Waals surface area contributed by atoms with Crippen LogP contribution in [0.3, 0.4) is 0 Å². The number of rotatable bonds is 6. The number of aliphatic hydroxyl groups excluding tert-OH is 1. The summed E-state index contributed by atoms with van der Waals surface area (Å²) in [6, 6.07) is 16.2. The zero-order valence-corrected chi connectivity index (χ0v) is 19.5. The summed E-state index contributed by atoms with van der Waals surface area (Å²) in [6.45, 7) is 3.99. The molecule has 170 valence electrons. The predicted molar refractivity (Wildman–Crippen MR) is 137 cm³/mol. The number of allylic oxidation sites excluding steroid dienone is 3. The Balaban J connectivity index is 1.47. The molecule has 2 unspecified atom stereocenters. The largest absolute Gasteiger partial charge is 0.378 e. The van der Waals surface area contributed by atoms with Crippen LogP contribution in [0.4, 0.5) is 0 Å². The van der Waals surface area contributed by atoms with Crippen molar-refractivity contribution in [2.24, 2.45) is 5.92 Å². The van der Waals surface area contributed by atoms with Gasteiger partial charge in [-0.1, -0.05) is 78.4 Å². The molecule has 1 heterocycles. The van der Waals surface area contributed by atoms with E-state index in [0.717, 1.165) is 41.5 Å². The zero-order valence-electron chi connectivity index (χ0n) is 18.8. The zero-order chi connectivity index (χ0) is 23.5. The highest BCUT2D eigenvalue weighted by Gasteiger charge is 2.32. The van der Waals surface area contributed by atoms with Gasteiger partial charge >= 0.3 is 0 Å². The summed E-state index contributed by atoms with van der Waals surface area (Å²) in [5.41, 5.74) is 10.7. The van der Waals surface area contributed by atoms with Crippen molar-refractivity contribution in [1.29, 1.82) is 0 Å². The van der Waals surface area contributed by atoms with Crippen LogP contribution in [0.25, 0.3) is 11.6 Å². The fourth-order valence-corrected chi connectivity index (χ4v) is 4.72. The van der Waals surface area contributed by atoms with Gasteiger partial charge in [0.15, 0.2) is 5.15 Å². The summed E-state index contributed by atoms with van der Waals surface area (Å²) in [4.78, 5) is 8.71. The number of halogens is 1. The Morgan fingerprint density at radius 1 is 1.06 bits per heavy atom. The van der Waals surface area contributed by atoms with Crippen LogP contribution in [0.2, 0.25) is 5.15 Å². The lowest BCUT2D eigenvalue weighted by atomic mass is 9.79. The van der Waals surface area contributed by atoms with Gasteiger partial charge in [-0.2, -0.15) is 0 Å². The Morgan fingerprint density at radius 2 is 1.85 bits per heavy atom. The maximum atomic E-state index is 10.9. The Hall–Kier alpha value is -3.27. The molecule has 5 heteroatoms. The summed E-state index contributed by atoms with van der Waals surface area (Å²) in [6.07, 6.45) is 11.2. The molecule has 2 atom stereocenters. The highest BCUT2D eigenvalue weighted by Crippen LogP contribution is 2.35. The monoisotopic (exact) mass is 467 g/mol. The number of benzene rings is 2. The number of nitrogens with one attached hydrogen (secondary N) is 1. The first-order valence-corrected chi connectivity index (χ1v) is 11.8. The van der Waals surface area contributed by atoms with Crippen LogP contribution in [-0.4, -0.2) is 21.3 Å². The molecule has 0 saturated heterocycles. The van der Waals surface area contributed by atoms with E-state index in [1.165, 1.54) is 11.1 Å². The average molecular weight is 468 g/mol. The number of fused-ring (bicyclic) bond motifs is 1. The van der Waals surface area contributed by atoms with Crippen molar-refractivity contribution in [3.8, 4) is 0 Å². The number of nitrogens with zero attached hydrogens (tertiary/aromatic N) is 2. The van der Waals surface area contributed by atoms with E-state index < -0.39 is 6.23 Å². The summed E-state index contributed by atoms with van der Waals surface area (Å²) in [7, 11) is 0. The van der Waals surface area contributed by atoms with Crippen molar-refractivity contribution in [3.05, 3.63) is 124 Å². The van der Waals surface area contributed by atoms with Gasteiger partial charge in [-0.05, 0) is 53.7 Å². The van der Waals surface area contributed by atoms with Crippen LogP contribution in [0.1, 0.15) is 46.8 Å². The lowest BCUT2D eigenvalue weighted by Gasteiger charge is -2.35. The molecule has 1 fully saturated rings. The molecule has 1 saturated carbocycles. The highest BCUT2D eigenvalue weighted by atomic mass is 35.5. The number of hydrogen-bond acceptors (Lipinski definition) is 4. The molecule has 5 rings (SSSR count). The first-order valence-electron chi connectivity index (χ1n) is 11.5. The molecule has 0 amide bonds. The van der Waals surface area contributed by atoms with E-state index >= 15 is 0 Å². The van der Waals surface area contributed by atoms with Gasteiger partial charge in [0.2, 0.25) is 0 Å². The topological polar surface area (TPSA) is 58.0 Å². The second-order valence-corrected chi connectivity index (χ2v) is 9.18. The van der Waals surface area contributed by atoms with Gasteiger partial charge in [-0.15, -0.1) is 5.73 Å². The normalized spacial score (nSPS) is 17.2. The molecule has 34 heavy (non-hydrogen) atoms. The van der Waals surface area contributed by atoms with Crippen LogP contribution < -0.4 is 5.32 Å². The van der Waals surface area contributed by atoms with Crippen molar-refractivity contribution in [3.63, 3.8) is 0 Å². The second-order valence-electron chi connectivity index (χ2n) is 8.82. The van der Waals surface area contributed by atoms with Gasteiger partial charge in [0.25, 0.3) is 0 Å². The fraction of sp³-hybridized carbons (Fsp3) is 0.207. The number of hydrogen-bond donors (Lipinski definition) is 2. The average Bonchev–Trinajstić information content (AvgIpc) is 2.82. The first-order chi connectivity index (χ1) is 16.6. The number of aliphatic hydroxyl groups is 1. The predicted octanol–water partition coefficient (Wildman–Crippen LogP) is 5.90. The molecule has 4 nitrogen and oxygen atoms in total. The van der Waals surface area contributed by atoms with Crippen molar-refractivity contribution < 1.29 is 5.11 Å². The SMILES string of the molecule is C=C1CC(C(O)NC(c2ccc3c(c2)CC=C=C(c2ccccc2)C=C3)c2nccnc2Cl)C1. The molecule has 0 radical (unpaired) electrons. The second kappa shape index (κ2) is 9.92. The van der Waals surface area contributed by atoms with Crippen molar-refractivity contribution >= 4 is 23.3 Å². The molecule has 2 aromatic carbocycles. The van der Waals surface area contributed by atoms with E-state index in [9.17, 15) is 5.11 Å². The maximum absolute atomic E-state index is 10.9. The minimum absolute atomic E-state index is 0.141. The van der Waals surface area contributed by atoms with Crippen LogP contribution in [-0.2, 0) is 6.42 Å². The van der Waals surface area contributed by atoms with E-state index in [0.29, 0.717) is 10.8 Å². The van der Waals surface area contributed by atoms with Crippen LogP contribution >= 0.6 is 11.6 Å². The highest BCUT2D eigenvalue weighted by molar-refractivity contribution is 6.30. The van der Waals surface area contributed by atoms with Crippen molar-refractivity contribution in [1.82, 2.24) is 15.3 Å². The third-order valence-electron chi connectivity index (χ3n) is 6.43. The third-order valence-corrected chi connectivity index (χ3v) is 6.72. The minimum Gasteiger partial charge on any atom is -0.378 e. The van der Waals surface area contributed by atoms with Gasteiger partial charge in [0.05, 0.1) is 11.7 Å². The van der Waals surface area contributed by atoms with Gasteiger partial charge in [-0.3, -0.25) is 10.3 Å². The van der Waals surface area contributed by atoms with E-state index in [1.807, 2.05) is 18.2 Å². The Morgan fingerprint density at radius 3 is 2.62 bits per heavy atom. The quantitative estimate of drug-likeness (QED) is 0.269. The Bertz CT molecular complexity index is 1300. The maximum Gasteiger partial charge on any atom is 0.152 e. The minimum atomic E-state index is -0.688. The molecule has 0 aliphatic heterocycles. The van der Waals surface area contributed by atoms with Crippen molar-refractivity contribution in [2.75, 3.05) is 0 Å². The molecule has 1 aromatic heterocycles. The fourth-order valence-electron chi connectivity index (χ4n) is 4.50. The van der Waals surface area contributed by atoms with E-state index in [-0.39, 0.29) is 12.0 Å². The third kappa shape index (κ3) is 4.82. The van der Waals surface area contributed by atoms with E-state index in [2.05, 4.69) is 76.2 Å². The standard InChI is InChI=1S/C29H26ClN3O/c1-19-16-25(17-19)29(34)33-26(27-28(30)32-15-14-31-27)24-13-12-22-11-10-21(8-5-9-23(22)18-24)20-6-3-2-4-7-20/h2-7,10-15,18,25-26,29,33-34H,1,9,16-17H2. The molecule has 3 aromatic rings. The molecule has 2 aliphatic carbocycles. The molecule has 0 spiro atoms.